The molecule has 1 spiro atoms. The molecule has 0 heterocycles. The molecule has 0 aromatic heterocycles. The number of aliphatic hydroxyl groups is 2. The molecule has 5 rings (SSSR count). The van der Waals surface area contributed by atoms with Crippen molar-refractivity contribution in [1.29, 1.82) is 0 Å². The maximum atomic E-state index is 10.6. The molecule has 0 saturated heterocycles. The lowest BCUT2D eigenvalue weighted by atomic mass is 9.44. The summed E-state index contributed by atoms with van der Waals surface area (Å²) in [5.74, 6) is 3.84. The Morgan fingerprint density at radius 3 is 2.58 bits per heavy atom. The van der Waals surface area contributed by atoms with Gasteiger partial charge in [0.25, 0.3) is 0 Å². The van der Waals surface area contributed by atoms with Gasteiger partial charge in [0.05, 0.1) is 12.2 Å². The number of hydrogen-bond acceptors (Lipinski definition) is 2. The average molecular weight is 331 g/mol. The van der Waals surface area contributed by atoms with Gasteiger partial charge in [0.1, 0.15) is 0 Å². The highest BCUT2D eigenvalue weighted by Gasteiger charge is 2.62. The molecule has 0 aromatic rings. The average Bonchev–Trinajstić information content (AvgIpc) is 2.96. The first-order chi connectivity index (χ1) is 11.5. The Labute approximate surface area is 146 Å². The lowest BCUT2D eigenvalue weighted by Crippen LogP contribution is -2.55. The van der Waals surface area contributed by atoms with E-state index in [-0.39, 0.29) is 12.2 Å². The van der Waals surface area contributed by atoms with Crippen molar-refractivity contribution in [3.05, 3.63) is 12.2 Å². The normalized spacial score (nSPS) is 59.2. The monoisotopic (exact) mass is 330 g/mol. The zero-order chi connectivity index (χ0) is 16.5. The molecule has 5 aliphatic rings. The summed E-state index contributed by atoms with van der Waals surface area (Å²) in [5.41, 5.74) is 0.801. The van der Waals surface area contributed by atoms with Crippen molar-refractivity contribution in [2.75, 3.05) is 0 Å². The van der Waals surface area contributed by atoms with Gasteiger partial charge in [-0.05, 0) is 105 Å². The van der Waals surface area contributed by atoms with Crippen molar-refractivity contribution in [1.82, 2.24) is 0 Å². The van der Waals surface area contributed by atoms with E-state index in [1.807, 2.05) is 0 Å². The standard InChI is InChI=1S/C22H34O2/c1-21-11-8-15(23)13-14(21)4-5-16-17(21)9-12-22-10-2-3-20(24)19(22)7-6-18(16)22/h2,10,14-20,23-24H,3-9,11-13H2,1H3/t14-,15+,16+,17-,18-,19+,20+,21-,22+/m0/s1. The van der Waals surface area contributed by atoms with Crippen LogP contribution in [0.3, 0.4) is 0 Å². The Balaban J connectivity index is 1.47. The number of hydrogen-bond donors (Lipinski definition) is 2. The lowest BCUT2D eigenvalue weighted by molar-refractivity contribution is -0.127. The van der Waals surface area contributed by atoms with E-state index in [9.17, 15) is 10.2 Å². The molecule has 4 saturated carbocycles. The predicted octanol–water partition coefficient (Wildman–Crippen LogP) is 4.31. The molecule has 0 bridgehead atoms. The van der Waals surface area contributed by atoms with Crippen molar-refractivity contribution in [2.24, 2.45) is 40.4 Å². The van der Waals surface area contributed by atoms with Gasteiger partial charge in [-0.15, -0.1) is 0 Å². The van der Waals surface area contributed by atoms with Crippen LogP contribution in [0.5, 0.6) is 0 Å². The third-order valence-corrected chi connectivity index (χ3v) is 9.56. The summed E-state index contributed by atoms with van der Waals surface area (Å²) in [6, 6.07) is 0. The first kappa shape index (κ1) is 15.9. The SMILES string of the molecule is C[C@]12CC[C@@H](O)C[C@@H]1CC[C@@H]1[C@@H]2CC[C@@]23C=CC[C@@H](O)[C@H]2CC[C@@H]13. The van der Waals surface area contributed by atoms with Gasteiger partial charge in [-0.2, -0.15) is 0 Å². The predicted molar refractivity (Wildman–Crippen MR) is 95.3 cm³/mol. The fraction of sp³-hybridized carbons (Fsp3) is 0.909. The van der Waals surface area contributed by atoms with Crippen LogP contribution >= 0.6 is 0 Å². The highest BCUT2D eigenvalue weighted by molar-refractivity contribution is 5.20. The van der Waals surface area contributed by atoms with Gasteiger partial charge in [-0.3, -0.25) is 0 Å². The minimum absolute atomic E-state index is 0.0400. The smallest absolute Gasteiger partial charge is 0.0611 e. The second-order valence-corrected chi connectivity index (χ2v) is 10.1. The molecular weight excluding hydrogens is 296 g/mol. The first-order valence-electron chi connectivity index (χ1n) is 10.6. The van der Waals surface area contributed by atoms with Crippen LogP contribution in [0, 0.1) is 40.4 Å². The van der Waals surface area contributed by atoms with Crippen molar-refractivity contribution in [2.45, 2.75) is 83.3 Å². The zero-order valence-corrected chi connectivity index (χ0v) is 15.2. The maximum absolute atomic E-state index is 10.6. The van der Waals surface area contributed by atoms with Crippen LogP contribution in [-0.4, -0.2) is 22.4 Å². The summed E-state index contributed by atoms with van der Waals surface area (Å²) in [6.07, 6.45) is 16.9. The number of aliphatic hydroxyl groups excluding tert-OH is 2. The third-order valence-electron chi connectivity index (χ3n) is 9.56. The lowest BCUT2D eigenvalue weighted by Gasteiger charge is -2.61. The Morgan fingerprint density at radius 2 is 1.71 bits per heavy atom. The summed E-state index contributed by atoms with van der Waals surface area (Å²) in [7, 11) is 0. The van der Waals surface area contributed by atoms with Crippen LogP contribution in [0.15, 0.2) is 12.2 Å². The Hall–Kier alpha value is -0.340. The summed E-state index contributed by atoms with van der Waals surface area (Å²) in [5, 5.41) is 20.8. The summed E-state index contributed by atoms with van der Waals surface area (Å²) < 4.78 is 0. The molecule has 0 amide bonds. The fourth-order valence-corrected chi connectivity index (χ4v) is 8.47. The highest BCUT2D eigenvalue weighted by atomic mass is 16.3. The largest absolute Gasteiger partial charge is 0.393 e. The molecule has 9 atom stereocenters. The third kappa shape index (κ3) is 1.96. The molecule has 24 heavy (non-hydrogen) atoms. The number of rotatable bonds is 0. The first-order valence-corrected chi connectivity index (χ1v) is 10.6. The molecule has 0 aliphatic heterocycles. The van der Waals surface area contributed by atoms with Crippen LogP contribution in [-0.2, 0) is 0 Å². The summed E-state index contributed by atoms with van der Waals surface area (Å²) in [4.78, 5) is 0. The molecule has 0 unspecified atom stereocenters. The minimum atomic E-state index is -0.0895. The quantitative estimate of drug-likeness (QED) is 0.650. The second kappa shape index (κ2) is 5.33. The Kier molecular flexibility index (Phi) is 3.53. The Morgan fingerprint density at radius 1 is 0.875 bits per heavy atom. The molecule has 2 N–H and O–H groups in total. The number of fused-ring (bicyclic) bond motifs is 4. The van der Waals surface area contributed by atoms with Crippen molar-refractivity contribution < 1.29 is 10.2 Å². The van der Waals surface area contributed by atoms with Gasteiger partial charge in [0, 0.05) is 0 Å². The molecule has 134 valence electrons. The van der Waals surface area contributed by atoms with Crippen LogP contribution in [0.1, 0.15) is 71.1 Å². The molecular formula is C22H34O2. The van der Waals surface area contributed by atoms with Gasteiger partial charge >= 0.3 is 0 Å². The fourth-order valence-electron chi connectivity index (χ4n) is 8.47. The summed E-state index contributed by atoms with van der Waals surface area (Å²) >= 11 is 0. The van der Waals surface area contributed by atoms with Crippen LogP contribution in [0.2, 0.25) is 0 Å². The van der Waals surface area contributed by atoms with Crippen LogP contribution in [0.25, 0.3) is 0 Å². The van der Waals surface area contributed by atoms with Gasteiger partial charge < -0.3 is 10.2 Å². The van der Waals surface area contributed by atoms with Crippen LogP contribution < -0.4 is 0 Å². The van der Waals surface area contributed by atoms with E-state index in [1.165, 1.54) is 44.9 Å². The second-order valence-electron chi connectivity index (χ2n) is 10.1. The van der Waals surface area contributed by atoms with E-state index in [4.69, 9.17) is 0 Å². The van der Waals surface area contributed by atoms with Crippen LogP contribution in [0.4, 0.5) is 0 Å². The van der Waals surface area contributed by atoms with E-state index in [1.54, 1.807) is 0 Å². The maximum Gasteiger partial charge on any atom is 0.0611 e. The molecule has 0 radical (unpaired) electrons. The van der Waals surface area contributed by atoms with Gasteiger partial charge in [-0.1, -0.05) is 19.1 Å². The van der Waals surface area contributed by atoms with Crippen molar-refractivity contribution >= 4 is 0 Å². The number of allylic oxidation sites excluding steroid dienone is 1. The van der Waals surface area contributed by atoms with E-state index < -0.39 is 0 Å². The highest BCUT2D eigenvalue weighted by Crippen LogP contribution is 2.69. The molecule has 0 aromatic carbocycles. The van der Waals surface area contributed by atoms with E-state index in [2.05, 4.69) is 19.1 Å². The molecule has 2 nitrogen and oxygen atoms in total. The van der Waals surface area contributed by atoms with Gasteiger partial charge in [0.15, 0.2) is 0 Å². The summed E-state index contributed by atoms with van der Waals surface area (Å²) in [6.45, 7) is 2.57. The molecule has 5 aliphatic carbocycles. The van der Waals surface area contributed by atoms with Gasteiger partial charge in [0.2, 0.25) is 0 Å². The van der Waals surface area contributed by atoms with Crippen molar-refractivity contribution in [3.63, 3.8) is 0 Å². The minimum Gasteiger partial charge on any atom is -0.393 e. The zero-order valence-electron chi connectivity index (χ0n) is 15.2. The Bertz CT molecular complexity index is 542. The van der Waals surface area contributed by atoms with Crippen molar-refractivity contribution in [3.8, 4) is 0 Å². The molecule has 4 fully saturated rings. The van der Waals surface area contributed by atoms with E-state index in [0.29, 0.717) is 16.7 Å². The molecule has 2 heteroatoms. The van der Waals surface area contributed by atoms with E-state index >= 15 is 0 Å². The van der Waals surface area contributed by atoms with E-state index in [0.717, 1.165) is 42.9 Å². The topological polar surface area (TPSA) is 40.5 Å². The van der Waals surface area contributed by atoms with Gasteiger partial charge in [-0.25, -0.2) is 0 Å².